The van der Waals surface area contributed by atoms with E-state index < -0.39 is 18.0 Å². The van der Waals surface area contributed by atoms with Gasteiger partial charge in [0.05, 0.1) is 26.4 Å². The highest BCUT2D eigenvalue weighted by Crippen LogP contribution is 2.29. The van der Waals surface area contributed by atoms with E-state index in [-0.39, 0.29) is 5.02 Å². The molecule has 1 aromatic heterocycles. The normalized spacial score (nSPS) is 11.9. The van der Waals surface area contributed by atoms with Crippen molar-refractivity contribution < 1.29 is 14.3 Å². The predicted octanol–water partition coefficient (Wildman–Crippen LogP) is 4.25. The van der Waals surface area contributed by atoms with Crippen molar-refractivity contribution in [2.24, 2.45) is 0 Å². The van der Waals surface area contributed by atoms with Gasteiger partial charge in [0.25, 0.3) is 5.91 Å². The lowest BCUT2D eigenvalue weighted by Crippen LogP contribution is -2.30. The molecule has 1 aromatic carbocycles. The average Bonchev–Trinajstić information content (AvgIpc) is 2.82. The van der Waals surface area contributed by atoms with Gasteiger partial charge < -0.3 is 10.1 Å². The first kappa shape index (κ1) is 17.7. The highest BCUT2D eigenvalue weighted by molar-refractivity contribution is 7.13. The fourth-order valence-corrected chi connectivity index (χ4v) is 2.97. The van der Waals surface area contributed by atoms with Crippen LogP contribution in [0.15, 0.2) is 18.2 Å². The van der Waals surface area contributed by atoms with E-state index in [1.807, 2.05) is 0 Å². The number of benzene rings is 1. The molecule has 1 atom stereocenters. The number of aromatic nitrogens is 1. The Kier molecular flexibility index (Phi) is 5.62. The monoisotopic (exact) mass is 372 g/mol. The number of thiazole rings is 1. The van der Waals surface area contributed by atoms with Crippen LogP contribution in [0.3, 0.4) is 0 Å². The molecule has 0 radical (unpaired) electrons. The van der Waals surface area contributed by atoms with Gasteiger partial charge in [0.15, 0.2) is 6.10 Å². The standard InChI is InChI=1S/C15H14Cl2N2O3S/c1-7-13(23-9(3)18-7)15(21)22-8(2)14(20)19-11-6-4-5-10(16)12(11)17/h4-6,8H,1-3H3,(H,19,20). The third-order valence-corrected chi connectivity index (χ3v) is 4.82. The summed E-state index contributed by atoms with van der Waals surface area (Å²) >= 11 is 13.1. The zero-order valence-electron chi connectivity index (χ0n) is 12.6. The number of halogens is 2. The predicted molar refractivity (Wildman–Crippen MR) is 91.6 cm³/mol. The summed E-state index contributed by atoms with van der Waals surface area (Å²) in [6.07, 6.45) is -0.987. The topological polar surface area (TPSA) is 68.3 Å². The van der Waals surface area contributed by atoms with Crippen LogP contribution >= 0.6 is 34.5 Å². The molecule has 1 N–H and O–H groups in total. The number of carbonyl (C=O) groups excluding carboxylic acids is 2. The van der Waals surface area contributed by atoms with Gasteiger partial charge in [0.2, 0.25) is 0 Å². The molecular formula is C15H14Cl2N2O3S. The Morgan fingerprint density at radius 3 is 2.61 bits per heavy atom. The summed E-state index contributed by atoms with van der Waals surface area (Å²) in [5, 5.41) is 3.90. The maximum atomic E-state index is 12.1. The lowest BCUT2D eigenvalue weighted by molar-refractivity contribution is -0.123. The van der Waals surface area contributed by atoms with Crippen LogP contribution in [-0.2, 0) is 9.53 Å². The number of nitrogens with zero attached hydrogens (tertiary/aromatic N) is 1. The van der Waals surface area contributed by atoms with Crippen LogP contribution in [-0.4, -0.2) is 23.0 Å². The van der Waals surface area contributed by atoms with Crippen molar-refractivity contribution in [3.05, 3.63) is 43.8 Å². The van der Waals surface area contributed by atoms with Gasteiger partial charge in [-0.3, -0.25) is 4.79 Å². The van der Waals surface area contributed by atoms with E-state index in [4.69, 9.17) is 27.9 Å². The molecule has 0 aliphatic rings. The molecule has 0 aliphatic heterocycles. The Bertz CT molecular complexity index is 761. The number of ether oxygens (including phenoxy) is 1. The molecular weight excluding hydrogens is 359 g/mol. The lowest BCUT2D eigenvalue weighted by Gasteiger charge is -2.14. The number of hydrogen-bond donors (Lipinski definition) is 1. The summed E-state index contributed by atoms with van der Waals surface area (Å²) in [6, 6.07) is 4.87. The number of amides is 1. The molecule has 0 saturated heterocycles. The van der Waals surface area contributed by atoms with Gasteiger partial charge in [-0.2, -0.15) is 0 Å². The lowest BCUT2D eigenvalue weighted by atomic mass is 10.3. The first-order valence-corrected chi connectivity index (χ1v) is 8.26. The largest absolute Gasteiger partial charge is 0.448 e. The summed E-state index contributed by atoms with van der Waals surface area (Å²) < 4.78 is 5.18. The van der Waals surface area contributed by atoms with E-state index in [0.717, 1.165) is 5.01 Å². The Morgan fingerprint density at radius 1 is 1.30 bits per heavy atom. The minimum atomic E-state index is -0.987. The van der Waals surface area contributed by atoms with Crippen molar-refractivity contribution in [3.63, 3.8) is 0 Å². The van der Waals surface area contributed by atoms with E-state index >= 15 is 0 Å². The number of carbonyl (C=O) groups is 2. The number of hydrogen-bond acceptors (Lipinski definition) is 5. The molecule has 0 aliphatic carbocycles. The maximum Gasteiger partial charge on any atom is 0.351 e. The second-order valence-electron chi connectivity index (χ2n) is 4.79. The first-order chi connectivity index (χ1) is 10.8. The molecule has 1 heterocycles. The van der Waals surface area contributed by atoms with Crippen molar-refractivity contribution in [2.75, 3.05) is 5.32 Å². The van der Waals surface area contributed by atoms with Crippen molar-refractivity contribution in [2.45, 2.75) is 26.9 Å². The molecule has 0 saturated carbocycles. The molecule has 1 unspecified atom stereocenters. The van der Waals surface area contributed by atoms with E-state index in [2.05, 4.69) is 10.3 Å². The Labute approximate surface area is 147 Å². The summed E-state index contributed by atoms with van der Waals surface area (Å²) in [5.41, 5.74) is 0.944. The molecule has 8 heteroatoms. The Hall–Kier alpha value is -1.63. The molecule has 5 nitrogen and oxygen atoms in total. The Morgan fingerprint density at radius 2 is 2.00 bits per heavy atom. The highest BCUT2D eigenvalue weighted by atomic mass is 35.5. The number of nitrogens with one attached hydrogen (secondary N) is 1. The van der Waals surface area contributed by atoms with Gasteiger partial charge in [-0.05, 0) is 32.9 Å². The van der Waals surface area contributed by atoms with Gasteiger partial charge in [-0.15, -0.1) is 11.3 Å². The highest BCUT2D eigenvalue weighted by Gasteiger charge is 2.23. The number of rotatable bonds is 4. The van der Waals surface area contributed by atoms with Gasteiger partial charge in [-0.25, -0.2) is 9.78 Å². The SMILES string of the molecule is Cc1nc(C)c(C(=O)OC(C)C(=O)Nc2cccc(Cl)c2Cl)s1. The zero-order chi connectivity index (χ0) is 17.1. The molecule has 0 bridgehead atoms. The molecule has 23 heavy (non-hydrogen) atoms. The van der Waals surface area contributed by atoms with Gasteiger partial charge in [0.1, 0.15) is 4.88 Å². The third-order valence-electron chi connectivity index (χ3n) is 2.95. The second kappa shape index (κ2) is 7.29. The average molecular weight is 373 g/mol. The molecule has 0 fully saturated rings. The summed E-state index contributed by atoms with van der Waals surface area (Å²) in [5.74, 6) is -1.07. The van der Waals surface area contributed by atoms with E-state index in [1.54, 1.807) is 32.0 Å². The fraction of sp³-hybridized carbons (Fsp3) is 0.267. The van der Waals surface area contributed by atoms with Gasteiger partial charge in [0, 0.05) is 0 Å². The van der Waals surface area contributed by atoms with Crippen molar-refractivity contribution in [1.82, 2.24) is 4.98 Å². The summed E-state index contributed by atoms with van der Waals surface area (Å²) in [6.45, 7) is 5.00. The van der Waals surface area contributed by atoms with Crippen molar-refractivity contribution >= 4 is 52.1 Å². The van der Waals surface area contributed by atoms with Crippen LogP contribution < -0.4 is 5.32 Å². The smallest absolute Gasteiger partial charge is 0.351 e. The van der Waals surface area contributed by atoms with E-state index in [9.17, 15) is 9.59 Å². The van der Waals surface area contributed by atoms with Gasteiger partial charge in [-0.1, -0.05) is 29.3 Å². The number of esters is 1. The van der Waals surface area contributed by atoms with Crippen LogP contribution in [0.25, 0.3) is 0 Å². The van der Waals surface area contributed by atoms with Crippen LogP contribution in [0.5, 0.6) is 0 Å². The summed E-state index contributed by atoms with van der Waals surface area (Å²) in [4.78, 5) is 28.8. The molecule has 122 valence electrons. The van der Waals surface area contributed by atoms with Crippen LogP contribution in [0, 0.1) is 13.8 Å². The molecule has 2 rings (SSSR count). The Balaban J connectivity index is 2.04. The quantitative estimate of drug-likeness (QED) is 0.814. The minimum Gasteiger partial charge on any atom is -0.448 e. The first-order valence-electron chi connectivity index (χ1n) is 6.69. The molecule has 2 aromatic rings. The van der Waals surface area contributed by atoms with Crippen LogP contribution in [0.1, 0.15) is 27.3 Å². The van der Waals surface area contributed by atoms with Crippen LogP contribution in [0.4, 0.5) is 5.69 Å². The summed E-state index contributed by atoms with van der Waals surface area (Å²) in [7, 11) is 0. The zero-order valence-corrected chi connectivity index (χ0v) is 15.0. The van der Waals surface area contributed by atoms with E-state index in [0.29, 0.717) is 21.3 Å². The number of aryl methyl sites for hydroxylation is 2. The van der Waals surface area contributed by atoms with Crippen molar-refractivity contribution in [1.29, 1.82) is 0 Å². The van der Waals surface area contributed by atoms with Gasteiger partial charge >= 0.3 is 5.97 Å². The number of anilines is 1. The van der Waals surface area contributed by atoms with Crippen LogP contribution in [0.2, 0.25) is 10.0 Å². The minimum absolute atomic E-state index is 0.231. The third kappa shape index (κ3) is 4.22. The maximum absolute atomic E-state index is 12.1. The van der Waals surface area contributed by atoms with Crippen molar-refractivity contribution in [3.8, 4) is 0 Å². The van der Waals surface area contributed by atoms with E-state index in [1.165, 1.54) is 18.3 Å². The fourth-order valence-electron chi connectivity index (χ4n) is 1.82. The molecule has 0 spiro atoms. The molecule has 1 amide bonds. The second-order valence-corrected chi connectivity index (χ2v) is 6.77.